The largest absolute Gasteiger partial charge is 0.458 e. The summed E-state index contributed by atoms with van der Waals surface area (Å²) in [7, 11) is 0. The number of amides is 3. The summed E-state index contributed by atoms with van der Waals surface area (Å²) < 4.78 is 19.2. The predicted molar refractivity (Wildman–Crippen MR) is 118 cm³/mol. The Balaban J connectivity index is 1.43. The zero-order valence-electron chi connectivity index (χ0n) is 16.4. The number of thiazole rings is 1. The number of hydrogen-bond acceptors (Lipinski definition) is 7. The van der Waals surface area contributed by atoms with Crippen molar-refractivity contribution in [1.82, 2.24) is 10.3 Å². The number of hydrogen-bond donors (Lipinski definition) is 3. The molecule has 162 valence electrons. The number of carbonyl (C=O) groups excluding carboxylic acids is 3. The maximum atomic E-state index is 13.5. The zero-order chi connectivity index (χ0) is 22.2. The summed E-state index contributed by atoms with van der Waals surface area (Å²) in [5, 5.41) is 9.92. The van der Waals surface area contributed by atoms with Crippen LogP contribution in [0.3, 0.4) is 0 Å². The fraction of sp³-hybridized carbons (Fsp3) is 0.200. The number of aromatic nitrogens is 1. The van der Waals surface area contributed by atoms with Crippen molar-refractivity contribution in [3.05, 3.63) is 53.4 Å². The third-order valence-electron chi connectivity index (χ3n) is 3.79. The molecule has 0 spiro atoms. The first kappa shape index (κ1) is 22.5. The zero-order valence-corrected chi connectivity index (χ0v) is 18.1. The first-order valence-electron chi connectivity index (χ1n) is 9.11. The van der Waals surface area contributed by atoms with Gasteiger partial charge in [0, 0.05) is 12.3 Å². The lowest BCUT2D eigenvalue weighted by Crippen LogP contribution is -2.18. The number of carbonyl (C=O) groups is 3. The lowest BCUT2D eigenvalue weighted by Gasteiger charge is -2.06. The van der Waals surface area contributed by atoms with E-state index in [1.807, 2.05) is 0 Å². The van der Waals surface area contributed by atoms with Gasteiger partial charge in [-0.05, 0) is 24.3 Å². The molecule has 8 nitrogen and oxygen atoms in total. The molecule has 0 fully saturated rings. The van der Waals surface area contributed by atoms with Crippen LogP contribution in [0.4, 0.5) is 15.2 Å². The van der Waals surface area contributed by atoms with E-state index in [0.29, 0.717) is 22.3 Å². The van der Waals surface area contributed by atoms with E-state index in [-0.39, 0.29) is 35.6 Å². The molecular weight excluding hydrogens is 443 g/mol. The SMILES string of the molecule is CC(=O)NCc1ccc(-c2csc(NC(=O)CSCC(=O)Nc3ccccc3F)n2)o1. The first-order chi connectivity index (χ1) is 14.9. The molecule has 1 aromatic carbocycles. The van der Waals surface area contributed by atoms with E-state index in [1.54, 1.807) is 23.6 Å². The Kier molecular flexibility index (Phi) is 7.79. The molecule has 2 heterocycles. The number of rotatable bonds is 9. The Morgan fingerprint density at radius 1 is 1.10 bits per heavy atom. The minimum absolute atomic E-state index is 0.00828. The van der Waals surface area contributed by atoms with Crippen LogP contribution < -0.4 is 16.0 Å². The summed E-state index contributed by atoms with van der Waals surface area (Å²) in [6.07, 6.45) is 0. The van der Waals surface area contributed by atoms with Crippen LogP contribution in [-0.2, 0) is 20.9 Å². The molecule has 0 radical (unpaired) electrons. The van der Waals surface area contributed by atoms with E-state index >= 15 is 0 Å². The molecule has 0 aliphatic carbocycles. The minimum Gasteiger partial charge on any atom is -0.458 e. The molecule has 31 heavy (non-hydrogen) atoms. The lowest BCUT2D eigenvalue weighted by molar-refractivity contribution is -0.119. The van der Waals surface area contributed by atoms with E-state index < -0.39 is 11.7 Å². The van der Waals surface area contributed by atoms with Gasteiger partial charge in [-0.2, -0.15) is 0 Å². The molecule has 0 bridgehead atoms. The van der Waals surface area contributed by atoms with Gasteiger partial charge >= 0.3 is 0 Å². The highest BCUT2D eigenvalue weighted by molar-refractivity contribution is 8.00. The topological polar surface area (TPSA) is 113 Å². The molecule has 0 saturated carbocycles. The minimum atomic E-state index is -0.517. The van der Waals surface area contributed by atoms with Crippen LogP contribution in [-0.4, -0.2) is 34.2 Å². The van der Waals surface area contributed by atoms with Crippen LogP contribution in [0.15, 0.2) is 46.2 Å². The number of nitrogens with one attached hydrogen (secondary N) is 3. The van der Waals surface area contributed by atoms with E-state index in [4.69, 9.17) is 4.42 Å². The van der Waals surface area contributed by atoms with Crippen LogP contribution in [0.1, 0.15) is 12.7 Å². The maximum absolute atomic E-state index is 13.5. The van der Waals surface area contributed by atoms with Gasteiger partial charge in [0.05, 0.1) is 23.7 Å². The third-order valence-corrected chi connectivity index (χ3v) is 5.48. The Labute approximate surface area is 185 Å². The van der Waals surface area contributed by atoms with Gasteiger partial charge in [0.25, 0.3) is 0 Å². The Bertz CT molecular complexity index is 1080. The summed E-state index contributed by atoms with van der Waals surface area (Å²) in [6, 6.07) is 9.35. The molecule has 3 rings (SSSR count). The van der Waals surface area contributed by atoms with Crippen molar-refractivity contribution in [1.29, 1.82) is 0 Å². The van der Waals surface area contributed by atoms with Gasteiger partial charge in [-0.15, -0.1) is 23.1 Å². The van der Waals surface area contributed by atoms with Crippen molar-refractivity contribution in [3.8, 4) is 11.5 Å². The number of para-hydroxylation sites is 1. The molecule has 0 saturated heterocycles. The van der Waals surface area contributed by atoms with E-state index in [1.165, 1.54) is 36.5 Å². The highest BCUT2D eigenvalue weighted by atomic mass is 32.2. The molecule has 0 atom stereocenters. The molecule has 3 aromatic rings. The first-order valence-corrected chi connectivity index (χ1v) is 11.1. The van der Waals surface area contributed by atoms with E-state index in [9.17, 15) is 18.8 Å². The van der Waals surface area contributed by atoms with Gasteiger partial charge in [0.1, 0.15) is 17.3 Å². The van der Waals surface area contributed by atoms with Crippen LogP contribution in [0, 0.1) is 5.82 Å². The number of benzene rings is 1. The molecule has 0 aliphatic heterocycles. The average Bonchev–Trinajstić information content (AvgIpc) is 3.37. The van der Waals surface area contributed by atoms with Crippen molar-refractivity contribution in [2.75, 3.05) is 22.1 Å². The van der Waals surface area contributed by atoms with Gasteiger partial charge in [0.2, 0.25) is 17.7 Å². The smallest absolute Gasteiger partial charge is 0.236 e. The molecular formula is C20H19FN4O4S2. The van der Waals surface area contributed by atoms with Crippen LogP contribution in [0.5, 0.6) is 0 Å². The van der Waals surface area contributed by atoms with Crippen molar-refractivity contribution < 1.29 is 23.2 Å². The average molecular weight is 463 g/mol. The van der Waals surface area contributed by atoms with Gasteiger partial charge in [0.15, 0.2) is 10.9 Å². The molecule has 3 amide bonds. The normalized spacial score (nSPS) is 10.5. The maximum Gasteiger partial charge on any atom is 0.236 e. The number of thioether (sulfide) groups is 1. The summed E-state index contributed by atoms with van der Waals surface area (Å²) in [6.45, 7) is 1.71. The van der Waals surface area contributed by atoms with E-state index in [2.05, 4.69) is 20.9 Å². The number of nitrogens with zero attached hydrogens (tertiary/aromatic N) is 1. The van der Waals surface area contributed by atoms with Crippen molar-refractivity contribution in [2.24, 2.45) is 0 Å². The van der Waals surface area contributed by atoms with Crippen molar-refractivity contribution >= 4 is 51.6 Å². The van der Waals surface area contributed by atoms with Gasteiger partial charge in [-0.25, -0.2) is 9.37 Å². The number of anilines is 2. The second-order valence-corrected chi connectivity index (χ2v) is 8.13. The second-order valence-electron chi connectivity index (χ2n) is 6.28. The van der Waals surface area contributed by atoms with Crippen molar-refractivity contribution in [3.63, 3.8) is 0 Å². The Hall–Kier alpha value is -3.18. The van der Waals surface area contributed by atoms with Gasteiger partial charge in [-0.3, -0.25) is 14.4 Å². The highest BCUT2D eigenvalue weighted by Crippen LogP contribution is 2.26. The summed E-state index contributed by atoms with van der Waals surface area (Å²) in [4.78, 5) is 39.2. The number of halogens is 1. The third kappa shape index (κ3) is 6.93. The monoisotopic (exact) mass is 462 g/mol. The highest BCUT2D eigenvalue weighted by Gasteiger charge is 2.13. The van der Waals surface area contributed by atoms with Crippen molar-refractivity contribution in [2.45, 2.75) is 13.5 Å². The summed E-state index contributed by atoms with van der Waals surface area (Å²) in [5.74, 6) is -0.209. The predicted octanol–water partition coefficient (Wildman–Crippen LogP) is 3.49. The Morgan fingerprint density at radius 2 is 1.84 bits per heavy atom. The van der Waals surface area contributed by atoms with E-state index in [0.717, 1.165) is 11.8 Å². The van der Waals surface area contributed by atoms with Crippen LogP contribution >= 0.6 is 23.1 Å². The Morgan fingerprint density at radius 3 is 2.58 bits per heavy atom. The summed E-state index contributed by atoms with van der Waals surface area (Å²) >= 11 is 2.35. The van der Waals surface area contributed by atoms with Crippen LogP contribution in [0.25, 0.3) is 11.5 Å². The fourth-order valence-electron chi connectivity index (χ4n) is 2.41. The summed E-state index contributed by atoms with van der Waals surface area (Å²) in [5.41, 5.74) is 0.664. The molecule has 0 unspecified atom stereocenters. The molecule has 3 N–H and O–H groups in total. The second kappa shape index (κ2) is 10.7. The van der Waals surface area contributed by atoms with Crippen LogP contribution in [0.2, 0.25) is 0 Å². The lowest BCUT2D eigenvalue weighted by atomic mass is 10.3. The number of furan rings is 1. The molecule has 2 aromatic heterocycles. The molecule has 0 aliphatic rings. The quantitative estimate of drug-likeness (QED) is 0.449. The fourth-order valence-corrected chi connectivity index (χ4v) is 3.74. The van der Waals surface area contributed by atoms with Gasteiger partial charge < -0.3 is 20.4 Å². The standard InChI is InChI=1S/C20H19FN4O4S2/c1-12(26)22-8-13-6-7-17(29-13)16-9-31-20(24-16)25-19(28)11-30-10-18(27)23-15-5-3-2-4-14(15)21/h2-7,9H,8,10-11H2,1H3,(H,22,26)(H,23,27)(H,24,25,28). The molecule has 11 heteroatoms. The van der Waals surface area contributed by atoms with Gasteiger partial charge in [-0.1, -0.05) is 12.1 Å².